The van der Waals surface area contributed by atoms with E-state index in [-0.39, 0.29) is 0 Å². The van der Waals surface area contributed by atoms with Crippen molar-refractivity contribution in [2.24, 2.45) is 5.92 Å². The average molecular weight is 281 g/mol. The number of hydrogen-bond acceptors (Lipinski definition) is 6. The van der Waals surface area contributed by atoms with Gasteiger partial charge in [-0.3, -0.25) is 0 Å². The van der Waals surface area contributed by atoms with Gasteiger partial charge in [0, 0.05) is 13.1 Å². The van der Waals surface area contributed by atoms with E-state index in [4.69, 9.17) is 4.74 Å². The fourth-order valence-corrected chi connectivity index (χ4v) is 1.76. The van der Waals surface area contributed by atoms with Gasteiger partial charge in [-0.2, -0.15) is 15.0 Å². The monoisotopic (exact) mass is 281 g/mol. The summed E-state index contributed by atoms with van der Waals surface area (Å²) in [6, 6.07) is 0.369. The molecule has 2 N–H and O–H groups in total. The smallest absolute Gasteiger partial charge is 0.323 e. The van der Waals surface area contributed by atoms with Crippen LogP contribution >= 0.6 is 0 Å². The Kier molecular flexibility index (Phi) is 7.69. The van der Waals surface area contributed by atoms with Crippen molar-refractivity contribution in [2.45, 2.75) is 47.0 Å². The quantitative estimate of drug-likeness (QED) is 0.687. The molecule has 0 radical (unpaired) electrons. The van der Waals surface area contributed by atoms with Crippen LogP contribution in [0.4, 0.5) is 11.9 Å². The number of nitrogens with one attached hydrogen (secondary N) is 2. The molecule has 0 aliphatic rings. The van der Waals surface area contributed by atoms with Crippen molar-refractivity contribution >= 4 is 11.9 Å². The Hall–Kier alpha value is -1.59. The third kappa shape index (κ3) is 5.59. The summed E-state index contributed by atoms with van der Waals surface area (Å²) < 4.78 is 5.38. The fourth-order valence-electron chi connectivity index (χ4n) is 1.76. The molecule has 0 atom stereocenters. The van der Waals surface area contributed by atoms with Gasteiger partial charge in [-0.25, -0.2) is 0 Å². The number of hydrogen-bond donors (Lipinski definition) is 2. The summed E-state index contributed by atoms with van der Waals surface area (Å²) in [6.07, 6.45) is 3.31. The molecule has 6 heteroatoms. The molecule has 0 bridgehead atoms. The van der Waals surface area contributed by atoms with Gasteiger partial charge in [0.25, 0.3) is 0 Å². The Bertz CT molecular complexity index is 382. The molecule has 114 valence electrons. The van der Waals surface area contributed by atoms with Gasteiger partial charge in [0.05, 0.1) is 6.61 Å². The molecule has 1 rings (SSSR count). The van der Waals surface area contributed by atoms with Crippen molar-refractivity contribution in [3.63, 3.8) is 0 Å². The van der Waals surface area contributed by atoms with E-state index < -0.39 is 0 Å². The Morgan fingerprint density at radius 2 is 1.60 bits per heavy atom. The summed E-state index contributed by atoms with van der Waals surface area (Å²) in [5, 5.41) is 6.45. The maximum atomic E-state index is 5.38. The first-order valence-corrected chi connectivity index (χ1v) is 7.59. The first-order chi connectivity index (χ1) is 9.73. The van der Waals surface area contributed by atoms with Crippen LogP contribution in [0, 0.1) is 5.92 Å². The largest absolute Gasteiger partial charge is 0.464 e. The van der Waals surface area contributed by atoms with Crippen LogP contribution in [0.5, 0.6) is 6.01 Å². The highest BCUT2D eigenvalue weighted by atomic mass is 16.5. The van der Waals surface area contributed by atoms with Crippen LogP contribution < -0.4 is 15.4 Å². The number of rotatable bonds is 10. The summed E-state index contributed by atoms with van der Waals surface area (Å²) >= 11 is 0. The summed E-state index contributed by atoms with van der Waals surface area (Å²) in [4.78, 5) is 12.9. The van der Waals surface area contributed by atoms with Crippen LogP contribution in [0.1, 0.15) is 47.0 Å². The zero-order valence-electron chi connectivity index (χ0n) is 13.1. The molecule has 1 aromatic heterocycles. The predicted octanol–water partition coefficient (Wildman–Crippen LogP) is 2.94. The second-order valence-electron chi connectivity index (χ2n) is 4.69. The van der Waals surface area contributed by atoms with Crippen LogP contribution in [0.25, 0.3) is 0 Å². The summed E-state index contributed by atoms with van der Waals surface area (Å²) in [6.45, 7) is 10.7. The second-order valence-corrected chi connectivity index (χ2v) is 4.69. The SMILES string of the molecule is CCCNc1nc(NCC(CC)CC)nc(OCC)n1. The molecule has 0 unspecified atom stereocenters. The minimum absolute atomic E-state index is 0.369. The molecule has 0 fully saturated rings. The molecule has 1 heterocycles. The molecular weight excluding hydrogens is 254 g/mol. The van der Waals surface area contributed by atoms with E-state index in [1.54, 1.807) is 0 Å². The maximum absolute atomic E-state index is 5.38. The zero-order valence-corrected chi connectivity index (χ0v) is 13.1. The Labute approximate surface area is 121 Å². The van der Waals surface area contributed by atoms with E-state index in [0.29, 0.717) is 30.4 Å². The molecule has 0 saturated heterocycles. The summed E-state index contributed by atoms with van der Waals surface area (Å²) in [7, 11) is 0. The lowest BCUT2D eigenvalue weighted by molar-refractivity contribution is 0.312. The van der Waals surface area contributed by atoms with Gasteiger partial charge in [-0.1, -0.05) is 33.6 Å². The van der Waals surface area contributed by atoms with Crippen molar-refractivity contribution in [3.05, 3.63) is 0 Å². The molecule has 0 aliphatic heterocycles. The Balaban J connectivity index is 2.74. The summed E-state index contributed by atoms with van der Waals surface area (Å²) in [5.41, 5.74) is 0. The molecular formula is C14H27N5O. The maximum Gasteiger partial charge on any atom is 0.323 e. The number of nitrogens with zero attached hydrogens (tertiary/aromatic N) is 3. The Morgan fingerprint density at radius 3 is 2.15 bits per heavy atom. The van der Waals surface area contributed by atoms with Gasteiger partial charge in [0.1, 0.15) is 0 Å². The molecule has 0 amide bonds. The highest BCUT2D eigenvalue weighted by Crippen LogP contribution is 2.13. The normalized spacial score (nSPS) is 10.7. The lowest BCUT2D eigenvalue weighted by Crippen LogP contribution is -2.16. The van der Waals surface area contributed by atoms with Crippen LogP contribution in [-0.2, 0) is 0 Å². The predicted molar refractivity (Wildman–Crippen MR) is 82.3 cm³/mol. The third-order valence-corrected chi connectivity index (χ3v) is 3.12. The lowest BCUT2D eigenvalue weighted by Gasteiger charge is -2.14. The highest BCUT2D eigenvalue weighted by molar-refractivity contribution is 5.35. The first kappa shape index (κ1) is 16.5. The Morgan fingerprint density at radius 1 is 0.950 bits per heavy atom. The number of anilines is 2. The van der Waals surface area contributed by atoms with E-state index in [2.05, 4.69) is 46.4 Å². The minimum atomic E-state index is 0.369. The van der Waals surface area contributed by atoms with Gasteiger partial charge in [-0.15, -0.1) is 0 Å². The van der Waals surface area contributed by atoms with Crippen molar-refractivity contribution < 1.29 is 4.74 Å². The molecule has 0 aromatic carbocycles. The van der Waals surface area contributed by atoms with Gasteiger partial charge in [0.2, 0.25) is 11.9 Å². The molecule has 0 aliphatic carbocycles. The average Bonchev–Trinajstić information content (AvgIpc) is 2.46. The first-order valence-electron chi connectivity index (χ1n) is 7.59. The van der Waals surface area contributed by atoms with E-state index in [1.807, 2.05) is 6.92 Å². The molecule has 6 nitrogen and oxygen atoms in total. The molecule has 0 saturated carbocycles. The topological polar surface area (TPSA) is 72.0 Å². The number of aromatic nitrogens is 3. The third-order valence-electron chi connectivity index (χ3n) is 3.12. The molecule has 20 heavy (non-hydrogen) atoms. The standard InChI is InChI=1S/C14H27N5O/c1-5-9-15-12-17-13(16-10-11(6-2)7-3)19-14(18-12)20-8-4/h11H,5-10H2,1-4H3,(H2,15,16,17,18,19). The second kappa shape index (κ2) is 9.34. The summed E-state index contributed by atoms with van der Waals surface area (Å²) in [5.74, 6) is 1.78. The highest BCUT2D eigenvalue weighted by Gasteiger charge is 2.09. The van der Waals surface area contributed by atoms with Gasteiger partial charge >= 0.3 is 6.01 Å². The van der Waals surface area contributed by atoms with Crippen molar-refractivity contribution in [2.75, 3.05) is 30.3 Å². The van der Waals surface area contributed by atoms with E-state index >= 15 is 0 Å². The van der Waals surface area contributed by atoms with Crippen molar-refractivity contribution in [1.29, 1.82) is 0 Å². The van der Waals surface area contributed by atoms with Crippen molar-refractivity contribution in [1.82, 2.24) is 15.0 Å². The van der Waals surface area contributed by atoms with Gasteiger partial charge < -0.3 is 15.4 Å². The van der Waals surface area contributed by atoms with Gasteiger partial charge in [-0.05, 0) is 19.3 Å². The lowest BCUT2D eigenvalue weighted by atomic mass is 10.0. The fraction of sp³-hybridized carbons (Fsp3) is 0.786. The van der Waals surface area contributed by atoms with Crippen LogP contribution in [-0.4, -0.2) is 34.6 Å². The van der Waals surface area contributed by atoms with Gasteiger partial charge in [0.15, 0.2) is 0 Å². The van der Waals surface area contributed by atoms with Crippen LogP contribution in [0.3, 0.4) is 0 Å². The van der Waals surface area contributed by atoms with E-state index in [0.717, 1.165) is 32.4 Å². The molecule has 1 aromatic rings. The van der Waals surface area contributed by atoms with Crippen LogP contribution in [0.15, 0.2) is 0 Å². The zero-order chi connectivity index (χ0) is 14.8. The molecule has 0 spiro atoms. The van der Waals surface area contributed by atoms with E-state index in [9.17, 15) is 0 Å². The van der Waals surface area contributed by atoms with E-state index in [1.165, 1.54) is 0 Å². The van der Waals surface area contributed by atoms with Crippen molar-refractivity contribution in [3.8, 4) is 6.01 Å². The van der Waals surface area contributed by atoms with Crippen LogP contribution in [0.2, 0.25) is 0 Å². The minimum Gasteiger partial charge on any atom is -0.464 e. The number of ether oxygens (including phenoxy) is 1.